The third-order valence-electron chi connectivity index (χ3n) is 16.1. The van der Waals surface area contributed by atoms with Crippen LogP contribution in [0.25, 0.3) is 0 Å². The van der Waals surface area contributed by atoms with Crippen molar-refractivity contribution in [2.45, 2.75) is 146 Å². The van der Waals surface area contributed by atoms with Crippen LogP contribution < -0.4 is 47.9 Å². The van der Waals surface area contributed by atoms with Gasteiger partial charge in [-0.25, -0.2) is 56.5 Å². The Hall–Kier alpha value is -14.7. The number of aromatic nitrogens is 1. The number of aliphatic hydroxyl groups is 1. The van der Waals surface area contributed by atoms with Crippen molar-refractivity contribution >= 4 is 59.5 Å². The predicted molar refractivity (Wildman–Crippen MR) is 466 cm³/mol. The van der Waals surface area contributed by atoms with Crippen LogP contribution in [0.4, 0.5) is 19.0 Å². The Morgan fingerprint density at radius 2 is 0.547 bits per heavy atom. The molecule has 0 bridgehead atoms. The van der Waals surface area contributed by atoms with Crippen molar-refractivity contribution in [1.29, 1.82) is 0 Å². The number of para-hydroxylation sites is 3. The number of carbonyl (C=O) groups is 9. The van der Waals surface area contributed by atoms with Gasteiger partial charge in [0.05, 0.1) is 130 Å². The molecule has 0 aliphatic rings. The first-order valence-electron chi connectivity index (χ1n) is 39.6. The Labute approximate surface area is 739 Å². The number of benzene rings is 9. The van der Waals surface area contributed by atoms with Gasteiger partial charge in [0, 0.05) is 11.8 Å². The Morgan fingerprint density at radius 3 is 0.828 bits per heavy atom. The lowest BCUT2D eigenvalue weighted by atomic mass is 10.1. The van der Waals surface area contributed by atoms with E-state index in [1.165, 1.54) is 140 Å². The fourth-order valence-corrected chi connectivity index (χ4v) is 10.8. The number of carboxylic acid groups (broad SMARTS) is 2. The summed E-state index contributed by atoms with van der Waals surface area (Å²) in [5, 5.41) is 29.8. The third kappa shape index (κ3) is 36.2. The second kappa shape index (κ2) is 52.8. The molecule has 0 spiro atoms. The summed E-state index contributed by atoms with van der Waals surface area (Å²) in [7, 11) is 7.69. The lowest BCUT2D eigenvalue weighted by Crippen LogP contribution is -2.15. The molecule has 1 amide bonds. The molecule has 1 heterocycles. The summed E-state index contributed by atoms with van der Waals surface area (Å²) in [4.78, 5) is 108. The second-order valence-electron chi connectivity index (χ2n) is 28.7. The van der Waals surface area contributed by atoms with Crippen LogP contribution in [0.5, 0.6) is 51.7 Å². The Bertz CT molecular complexity index is 5330. The first-order chi connectivity index (χ1) is 60.8. The maximum absolute atomic E-state index is 13.8. The average molecular weight is 1780 g/mol. The Balaban J connectivity index is 0.000000277. The maximum Gasteiger partial charge on any atom is 0.339 e. The molecule has 0 radical (unpaired) electrons. The minimum Gasteiger partial charge on any atom is -0.491 e. The van der Waals surface area contributed by atoms with Crippen LogP contribution in [-0.4, -0.2) is 153 Å². The van der Waals surface area contributed by atoms with Crippen LogP contribution in [0.15, 0.2) is 200 Å². The lowest BCUT2D eigenvalue weighted by Gasteiger charge is -2.14. The predicted octanol–water partition coefficient (Wildman–Crippen LogP) is 18.3. The van der Waals surface area contributed by atoms with Crippen molar-refractivity contribution < 1.29 is 143 Å². The molecule has 10 rings (SSSR count). The van der Waals surface area contributed by atoms with E-state index in [1.807, 2.05) is 83.1 Å². The summed E-state index contributed by atoms with van der Waals surface area (Å²) >= 11 is 0. The number of aliphatic hydroxyl groups excluding tert-OH is 1. The summed E-state index contributed by atoms with van der Waals surface area (Å²) in [6.07, 6.45) is 0.925. The van der Waals surface area contributed by atoms with Crippen LogP contribution in [0.1, 0.15) is 199 Å². The highest BCUT2D eigenvalue weighted by Gasteiger charge is 2.21. The van der Waals surface area contributed by atoms with Crippen LogP contribution in [-0.2, 0) is 54.8 Å². The van der Waals surface area contributed by atoms with E-state index < -0.39 is 71.1 Å². The van der Waals surface area contributed by atoms with Crippen LogP contribution >= 0.6 is 0 Å². The number of esters is 6. The molecule has 29 nitrogen and oxygen atoms in total. The molecule has 0 saturated carbocycles. The summed E-state index contributed by atoms with van der Waals surface area (Å²) < 4.78 is 118. The third-order valence-corrected chi connectivity index (χ3v) is 16.1. The highest BCUT2D eigenvalue weighted by atomic mass is 19.1. The van der Waals surface area contributed by atoms with E-state index in [2.05, 4.69) is 34.0 Å². The minimum absolute atomic E-state index is 0.0106. The summed E-state index contributed by atoms with van der Waals surface area (Å²) in [6.45, 7) is 22.4. The van der Waals surface area contributed by atoms with Crippen molar-refractivity contribution in [3.05, 3.63) is 290 Å². The van der Waals surface area contributed by atoms with Crippen LogP contribution in [0.2, 0.25) is 0 Å². The van der Waals surface area contributed by atoms with Gasteiger partial charge < -0.3 is 91.7 Å². The van der Waals surface area contributed by atoms with Gasteiger partial charge in [-0.15, -0.1) is 0 Å². The first kappa shape index (κ1) is 104. The number of carbonyl (C=O) groups excluding carboxylic acids is 7. The van der Waals surface area contributed by atoms with Gasteiger partial charge in [0.1, 0.15) is 60.1 Å². The van der Waals surface area contributed by atoms with Crippen molar-refractivity contribution in [3.63, 3.8) is 0 Å². The molecular weight excluding hydrogens is 1670 g/mol. The van der Waals surface area contributed by atoms with E-state index in [9.17, 15) is 56.3 Å². The number of rotatable bonds is 32. The standard InChI is InChI=1S/C24H23FN2O5.C18H19FO4.C17H17FO4.C13H16O5.C12H14O5.C12H16O4/c1-15(2)32-19-11-16(14-31-21-7-5-4-6-20(21)25)10-18(12-19)23(28)27-22-9-8-17(13-26-22)24(29)30-3;1-12(2)23-15-9-13(8-14(10-15)18(20)21-3)11-22-17-7-5-4-6-16(17)19;1-11(2)22-14-8-12(7-13(9-14)17(19)20)10-21-16-6-4-3-5-15(16)18;1-8(2)18-11-6-9(12(14)16-3)5-10(7-11)13(15)17-4;1-7(2)17-10-5-8(11(13)14)4-9(6-10)12(15)16-3;1-8(2)16-11-5-9(7-13)4-10(6-11)12(14)15-3/h4-13,15H,14H2,1-3H3,(H,26,27,28);4-10,12H,11H2,1-3H3;3-9,11H,10H2,1-2H3,(H,19,20);5-8H,1-4H3;4-7H,1-3H3,(H,13,14);4-6,8,13H,7H2,1-3H3. The topological polar surface area (TPSA) is 378 Å². The second-order valence-corrected chi connectivity index (χ2v) is 28.7. The van der Waals surface area contributed by atoms with Crippen molar-refractivity contribution in [2.75, 3.05) is 48.0 Å². The number of aromatic carboxylic acids is 2. The molecule has 0 saturated heterocycles. The van der Waals surface area contributed by atoms with Crippen LogP contribution in [0, 0.1) is 17.5 Å². The number of anilines is 1. The number of nitrogens with zero attached hydrogens (tertiary/aromatic N) is 1. The normalized spacial score (nSPS) is 10.4. The molecule has 0 aliphatic heterocycles. The average Bonchev–Trinajstić information content (AvgIpc) is 0.862. The number of carboxylic acids is 2. The lowest BCUT2D eigenvalue weighted by molar-refractivity contribution is 0.0583. The zero-order valence-electron chi connectivity index (χ0n) is 74.1. The number of halogens is 3. The molecule has 9 aromatic carbocycles. The SMILES string of the molecule is CC(C)Oc1cc(COc2ccccc2F)cc(C(=O)O)c1.COC(=O)c1cc(CO)cc(OC(C)C)c1.COC(=O)c1cc(COc2ccccc2F)cc(OC(C)C)c1.COC(=O)c1cc(OC(C)C)cc(C(=O)O)c1.COC(=O)c1cc(OC(C)C)cc(C(=O)OC)c1.COC(=O)c1ccc(NC(=O)c2cc(COc3ccccc3F)cc(OC(C)C)c2)nc1. The van der Waals surface area contributed by atoms with Gasteiger partial charge in [0.2, 0.25) is 0 Å². The van der Waals surface area contributed by atoms with Gasteiger partial charge in [-0.05, 0) is 263 Å². The van der Waals surface area contributed by atoms with Gasteiger partial charge in [-0.2, -0.15) is 0 Å². The maximum atomic E-state index is 13.8. The van der Waals surface area contributed by atoms with Crippen molar-refractivity contribution in [3.8, 4) is 51.7 Å². The molecule has 1 aromatic heterocycles. The number of amides is 1. The zero-order valence-corrected chi connectivity index (χ0v) is 74.1. The molecule has 32 heteroatoms. The fraction of sp³-hybridized carbons (Fsp3) is 0.292. The Kier molecular flexibility index (Phi) is 42.9. The van der Waals surface area contributed by atoms with E-state index in [0.29, 0.717) is 73.4 Å². The van der Waals surface area contributed by atoms with E-state index in [4.69, 9.17) is 62.7 Å². The van der Waals surface area contributed by atoms with E-state index in [-0.39, 0.29) is 119 Å². The molecule has 10 aromatic rings. The molecule has 682 valence electrons. The molecule has 0 fully saturated rings. The quantitative estimate of drug-likeness (QED) is 0.0225. The zero-order chi connectivity index (χ0) is 94.9. The number of nitrogens with one attached hydrogen (secondary N) is 1. The molecule has 4 N–H and O–H groups in total. The minimum atomic E-state index is -1.12. The highest BCUT2D eigenvalue weighted by molar-refractivity contribution is 6.04. The van der Waals surface area contributed by atoms with Gasteiger partial charge >= 0.3 is 47.8 Å². The van der Waals surface area contributed by atoms with Gasteiger partial charge in [0.25, 0.3) is 5.91 Å². The molecule has 0 atom stereocenters. The molecular formula is C96H105F3N2O27. The van der Waals surface area contributed by atoms with E-state index in [1.54, 1.807) is 103 Å². The molecule has 128 heavy (non-hydrogen) atoms. The van der Waals surface area contributed by atoms with E-state index in [0.717, 1.165) is 0 Å². The smallest absolute Gasteiger partial charge is 0.339 e. The molecule has 0 aliphatic carbocycles. The van der Waals surface area contributed by atoms with Gasteiger partial charge in [-0.1, -0.05) is 36.4 Å². The van der Waals surface area contributed by atoms with Crippen LogP contribution in [0.3, 0.4) is 0 Å². The highest BCUT2D eigenvalue weighted by Crippen LogP contribution is 2.29. The summed E-state index contributed by atoms with van der Waals surface area (Å²) in [6, 6.07) is 49.3. The number of pyridine rings is 1. The summed E-state index contributed by atoms with van der Waals surface area (Å²) in [5.74, 6) is -3.62. The fourth-order valence-electron chi connectivity index (χ4n) is 10.8. The van der Waals surface area contributed by atoms with E-state index >= 15 is 0 Å². The number of hydrogen-bond acceptors (Lipinski definition) is 26. The summed E-state index contributed by atoms with van der Waals surface area (Å²) in [5.41, 5.74) is 4.60. The number of methoxy groups -OCH3 is 6. The molecule has 0 unspecified atom stereocenters. The van der Waals surface area contributed by atoms with Crippen molar-refractivity contribution in [1.82, 2.24) is 4.98 Å². The van der Waals surface area contributed by atoms with Gasteiger partial charge in [0.15, 0.2) is 34.7 Å². The van der Waals surface area contributed by atoms with Crippen molar-refractivity contribution in [2.24, 2.45) is 0 Å². The number of hydrogen-bond donors (Lipinski definition) is 4. The van der Waals surface area contributed by atoms with Gasteiger partial charge in [-0.3, -0.25) is 4.79 Å². The number of ether oxygens (including phenoxy) is 15. The monoisotopic (exact) mass is 1770 g/mol. The Morgan fingerprint density at radius 1 is 0.305 bits per heavy atom. The first-order valence-corrected chi connectivity index (χ1v) is 39.6. The largest absolute Gasteiger partial charge is 0.491 e.